The largest absolute Gasteiger partial charge is 0.457 e. The molecule has 0 aromatic rings. The number of aliphatic hydroxyl groups is 1. The van der Waals surface area contributed by atoms with Gasteiger partial charge in [-0.2, -0.15) is 0 Å². The summed E-state index contributed by atoms with van der Waals surface area (Å²) in [6.45, 7) is 10.8. The molecule has 0 unspecified atom stereocenters. The van der Waals surface area contributed by atoms with Crippen molar-refractivity contribution >= 4 is 35.6 Å². The van der Waals surface area contributed by atoms with Crippen LogP contribution in [0.15, 0.2) is 35.9 Å². The van der Waals surface area contributed by atoms with Crippen LogP contribution >= 0.6 is 11.8 Å². The molecule has 192 valence electrons. The predicted molar refractivity (Wildman–Crippen MR) is 130 cm³/mol. The lowest BCUT2D eigenvalue weighted by molar-refractivity contribution is -0.164. The molecule has 2 saturated heterocycles. The van der Waals surface area contributed by atoms with E-state index in [2.05, 4.69) is 13.2 Å². The molecule has 0 saturated carbocycles. The molecule has 6 atom stereocenters. The SMILES string of the molecule is C=CCOC(=O)C1=C(S[C@H]2C[C@@H](C(=O)N(C)C)N(C(=O)OCC=C)C2)[C@H](C)[C@H]2[C@@H]([C@@H](C)O)C(=O)N12. The third-order valence-electron chi connectivity index (χ3n) is 6.48. The lowest BCUT2D eigenvalue weighted by Crippen LogP contribution is -2.63. The molecule has 1 N–H and O–H groups in total. The van der Waals surface area contributed by atoms with E-state index in [9.17, 15) is 24.3 Å². The number of hydrogen-bond donors (Lipinski definition) is 1. The van der Waals surface area contributed by atoms with Gasteiger partial charge >= 0.3 is 12.1 Å². The Hall–Kier alpha value is -2.79. The minimum atomic E-state index is -0.857. The van der Waals surface area contributed by atoms with Gasteiger partial charge in [0.2, 0.25) is 11.8 Å². The van der Waals surface area contributed by atoms with Crippen molar-refractivity contribution in [2.75, 3.05) is 33.9 Å². The number of carbonyl (C=O) groups is 4. The topological polar surface area (TPSA) is 117 Å². The van der Waals surface area contributed by atoms with Gasteiger partial charge in [-0.3, -0.25) is 14.5 Å². The van der Waals surface area contributed by atoms with E-state index in [0.717, 1.165) is 0 Å². The number of nitrogens with zero attached hydrogens (tertiary/aromatic N) is 3. The first-order valence-electron chi connectivity index (χ1n) is 11.5. The maximum Gasteiger partial charge on any atom is 0.410 e. The van der Waals surface area contributed by atoms with Crippen molar-refractivity contribution in [2.45, 2.75) is 43.7 Å². The van der Waals surface area contributed by atoms with Gasteiger partial charge in [0.1, 0.15) is 25.0 Å². The highest BCUT2D eigenvalue weighted by atomic mass is 32.2. The van der Waals surface area contributed by atoms with E-state index >= 15 is 0 Å². The molecule has 0 bridgehead atoms. The highest BCUT2D eigenvalue weighted by Crippen LogP contribution is 2.52. The Bertz CT molecular complexity index is 947. The number of likely N-dealkylation sites (tertiary alicyclic amines) is 1. The van der Waals surface area contributed by atoms with Crippen molar-refractivity contribution in [3.05, 3.63) is 35.9 Å². The Morgan fingerprint density at radius 1 is 1.23 bits per heavy atom. The van der Waals surface area contributed by atoms with Gasteiger partial charge in [0.05, 0.1) is 18.1 Å². The minimum Gasteiger partial charge on any atom is -0.457 e. The van der Waals surface area contributed by atoms with Gasteiger partial charge in [0, 0.05) is 36.7 Å². The van der Waals surface area contributed by atoms with Gasteiger partial charge in [-0.25, -0.2) is 9.59 Å². The number of β-lactam (4-membered cyclic amide) rings is 1. The summed E-state index contributed by atoms with van der Waals surface area (Å²) in [5.41, 5.74) is 0.166. The van der Waals surface area contributed by atoms with Crippen molar-refractivity contribution in [3.63, 3.8) is 0 Å². The second-order valence-electron chi connectivity index (χ2n) is 9.10. The van der Waals surface area contributed by atoms with E-state index in [-0.39, 0.29) is 54.5 Å². The van der Waals surface area contributed by atoms with Crippen molar-refractivity contribution < 1.29 is 33.8 Å². The van der Waals surface area contributed by atoms with Crippen LogP contribution in [0.1, 0.15) is 20.3 Å². The Morgan fingerprint density at radius 2 is 1.86 bits per heavy atom. The zero-order valence-electron chi connectivity index (χ0n) is 20.5. The Kier molecular flexibility index (Phi) is 8.32. The number of aliphatic hydroxyl groups excluding tert-OH is 1. The minimum absolute atomic E-state index is 0.00699. The molecule has 3 aliphatic heterocycles. The van der Waals surface area contributed by atoms with Gasteiger partial charge in [-0.05, 0) is 13.3 Å². The molecule has 0 aromatic carbocycles. The normalized spacial score (nSPS) is 28.3. The highest BCUT2D eigenvalue weighted by molar-refractivity contribution is 8.03. The molecule has 3 heterocycles. The molecule has 3 aliphatic rings. The van der Waals surface area contributed by atoms with Crippen LogP contribution < -0.4 is 0 Å². The van der Waals surface area contributed by atoms with Gasteiger partial charge in [0.25, 0.3) is 0 Å². The fourth-order valence-corrected chi connectivity index (χ4v) is 6.40. The van der Waals surface area contributed by atoms with Gasteiger partial charge in [-0.15, -0.1) is 11.8 Å². The number of rotatable bonds is 9. The number of fused-ring (bicyclic) bond motifs is 1. The molecule has 3 amide bonds. The average Bonchev–Trinajstić information content (AvgIpc) is 3.33. The first-order valence-corrected chi connectivity index (χ1v) is 12.4. The second-order valence-corrected chi connectivity index (χ2v) is 10.4. The second kappa shape index (κ2) is 10.9. The van der Waals surface area contributed by atoms with E-state index < -0.39 is 30.1 Å². The lowest BCUT2D eigenvalue weighted by Gasteiger charge is -2.46. The van der Waals surface area contributed by atoms with Gasteiger partial charge < -0.3 is 24.4 Å². The summed E-state index contributed by atoms with van der Waals surface area (Å²) in [6, 6.07) is -1.07. The van der Waals surface area contributed by atoms with E-state index in [4.69, 9.17) is 9.47 Å². The monoisotopic (exact) mass is 507 g/mol. The van der Waals surface area contributed by atoms with Crippen LogP contribution in [0.5, 0.6) is 0 Å². The van der Waals surface area contributed by atoms with Crippen LogP contribution in [0.3, 0.4) is 0 Å². The van der Waals surface area contributed by atoms with Crippen molar-refractivity contribution in [1.82, 2.24) is 14.7 Å². The van der Waals surface area contributed by atoms with Crippen molar-refractivity contribution in [2.24, 2.45) is 11.8 Å². The van der Waals surface area contributed by atoms with E-state index in [1.165, 1.54) is 38.6 Å². The number of ether oxygens (including phenoxy) is 2. The zero-order chi connectivity index (χ0) is 26.0. The summed E-state index contributed by atoms with van der Waals surface area (Å²) < 4.78 is 10.5. The molecule has 3 rings (SSSR count). The van der Waals surface area contributed by atoms with Gasteiger partial charge in [-0.1, -0.05) is 32.2 Å². The Balaban J connectivity index is 1.89. The first kappa shape index (κ1) is 26.8. The van der Waals surface area contributed by atoms with Crippen LogP contribution in [0.4, 0.5) is 4.79 Å². The molecule has 35 heavy (non-hydrogen) atoms. The summed E-state index contributed by atoms with van der Waals surface area (Å²) in [5.74, 6) is -2.02. The number of likely N-dealkylation sites (N-methyl/N-ethyl adjacent to an activating group) is 1. The maximum atomic E-state index is 12.9. The third-order valence-corrected chi connectivity index (χ3v) is 7.97. The Morgan fingerprint density at radius 3 is 2.43 bits per heavy atom. The smallest absolute Gasteiger partial charge is 0.410 e. The lowest BCUT2D eigenvalue weighted by atomic mass is 9.79. The summed E-state index contributed by atoms with van der Waals surface area (Å²) in [7, 11) is 3.25. The van der Waals surface area contributed by atoms with Crippen molar-refractivity contribution in [3.8, 4) is 0 Å². The average molecular weight is 508 g/mol. The highest BCUT2D eigenvalue weighted by Gasteiger charge is 2.60. The predicted octanol–water partition coefficient (Wildman–Crippen LogP) is 1.37. The quantitative estimate of drug-likeness (QED) is 0.283. The van der Waals surface area contributed by atoms with Crippen molar-refractivity contribution in [1.29, 1.82) is 0 Å². The van der Waals surface area contributed by atoms with E-state index in [0.29, 0.717) is 11.3 Å². The fourth-order valence-electron chi connectivity index (χ4n) is 4.88. The van der Waals surface area contributed by atoms with Crippen LogP contribution in [-0.4, -0.2) is 101 Å². The van der Waals surface area contributed by atoms with Crippen LogP contribution in [-0.2, 0) is 23.9 Å². The molecule has 0 radical (unpaired) electrons. The van der Waals surface area contributed by atoms with Gasteiger partial charge in [0.15, 0.2) is 0 Å². The van der Waals surface area contributed by atoms with Crippen LogP contribution in [0.25, 0.3) is 0 Å². The fraction of sp³-hybridized carbons (Fsp3) is 0.583. The molecule has 10 nitrogen and oxygen atoms in total. The Labute approximate surface area is 209 Å². The summed E-state index contributed by atoms with van der Waals surface area (Å²) in [6.07, 6.45) is 1.78. The zero-order valence-corrected chi connectivity index (χ0v) is 21.3. The number of hydrogen-bond acceptors (Lipinski definition) is 8. The van der Waals surface area contributed by atoms with E-state index in [1.807, 2.05) is 6.92 Å². The molecule has 0 aromatic heterocycles. The molecular formula is C24H33N3O7S. The molecule has 11 heteroatoms. The number of carbonyl (C=O) groups excluding carboxylic acids is 4. The summed E-state index contributed by atoms with van der Waals surface area (Å²) in [5, 5.41) is 9.93. The van der Waals surface area contributed by atoms with Crippen LogP contribution in [0.2, 0.25) is 0 Å². The summed E-state index contributed by atoms with van der Waals surface area (Å²) in [4.78, 5) is 56.2. The maximum absolute atomic E-state index is 12.9. The number of thioether (sulfide) groups is 1. The third kappa shape index (κ3) is 4.97. The van der Waals surface area contributed by atoms with E-state index in [1.54, 1.807) is 21.0 Å². The standard InChI is InChI=1S/C24H33N3O7S/c1-7-9-33-23(31)19-20(13(3)18-17(14(4)28)22(30)27(18)19)35-15-11-16(21(29)25(5)6)26(12-15)24(32)34-10-8-2/h7-8,13-18,28H,1-2,9-12H2,3-6H3/t13-,14-,15+,16+,17-,18+/m1/s1. The molecule has 0 aliphatic carbocycles. The summed E-state index contributed by atoms with van der Waals surface area (Å²) >= 11 is 1.37. The number of esters is 1. The van der Waals surface area contributed by atoms with Crippen LogP contribution in [0, 0.1) is 11.8 Å². The first-order chi connectivity index (χ1) is 16.5. The number of amides is 3. The molecular weight excluding hydrogens is 474 g/mol. The molecule has 0 spiro atoms. The molecule has 2 fully saturated rings.